The Balaban J connectivity index is 1.78. The van der Waals surface area contributed by atoms with Gasteiger partial charge in [-0.05, 0) is 52.6 Å². The van der Waals surface area contributed by atoms with Crippen LogP contribution in [0.1, 0.15) is 24.0 Å². The van der Waals surface area contributed by atoms with E-state index in [0.29, 0.717) is 5.56 Å². The van der Waals surface area contributed by atoms with Crippen LogP contribution in [-0.4, -0.2) is 27.1 Å². The van der Waals surface area contributed by atoms with Gasteiger partial charge in [0.1, 0.15) is 0 Å². The van der Waals surface area contributed by atoms with E-state index in [2.05, 4.69) is 4.74 Å². The number of carboxylic acid groups (broad SMARTS) is 1. The number of hydrogen-bond donors (Lipinski definition) is 2. The molecule has 2 atom stereocenters. The van der Waals surface area contributed by atoms with Gasteiger partial charge in [-0.3, -0.25) is 4.57 Å². The normalized spacial score (nSPS) is 14.4. The highest BCUT2D eigenvalue weighted by atomic mass is 35.5. The van der Waals surface area contributed by atoms with Gasteiger partial charge in [0.25, 0.3) is 0 Å². The number of aromatic nitrogens is 1. The minimum Gasteiger partial charge on any atom is -0.449 e. The fourth-order valence-electron chi connectivity index (χ4n) is 4.17. The quantitative estimate of drug-likeness (QED) is 0.178. The number of carbonyl (C=O) groups is 1. The van der Waals surface area contributed by atoms with E-state index in [0.717, 1.165) is 35.8 Å². The highest BCUT2D eigenvalue weighted by molar-refractivity contribution is 6.31. The van der Waals surface area contributed by atoms with Crippen LogP contribution in [0.25, 0.3) is 22.2 Å². The Kier molecular flexibility index (Phi) is 6.55. The number of benzene rings is 3. The van der Waals surface area contributed by atoms with Crippen LogP contribution in [0.5, 0.6) is 5.75 Å². The second-order valence-corrected chi connectivity index (χ2v) is 8.75. The summed E-state index contributed by atoms with van der Waals surface area (Å²) in [7, 11) is 1.39. The van der Waals surface area contributed by atoms with Crippen molar-refractivity contribution in [2.75, 3.05) is 0 Å². The Hall–Kier alpha value is -3.83. The summed E-state index contributed by atoms with van der Waals surface area (Å²) >= 11 is 6.35. The number of fused-ring (bicyclic) bond motifs is 1. The second-order valence-electron chi connectivity index (χ2n) is 8.34. The molecule has 3 aromatic carbocycles. The lowest BCUT2D eigenvalue weighted by molar-refractivity contribution is -0.274. The average molecular weight is 540 g/mol. The lowest BCUT2D eigenvalue weighted by Gasteiger charge is -2.37. The van der Waals surface area contributed by atoms with Gasteiger partial charge in [-0.25, -0.2) is 14.0 Å². The van der Waals surface area contributed by atoms with Crippen LogP contribution in [0.15, 0.2) is 63.8 Å². The van der Waals surface area contributed by atoms with Gasteiger partial charge in [0.2, 0.25) is 0 Å². The zero-order valence-electron chi connectivity index (χ0n) is 19.1. The van der Waals surface area contributed by atoms with E-state index in [1.807, 2.05) is 0 Å². The third-order valence-corrected chi connectivity index (χ3v) is 6.55. The molecular weight excluding hydrogens is 522 g/mol. The molecule has 1 heterocycles. The van der Waals surface area contributed by atoms with E-state index >= 15 is 0 Å². The Labute approximate surface area is 211 Å². The van der Waals surface area contributed by atoms with E-state index in [1.54, 1.807) is 0 Å². The Morgan fingerprint density at radius 2 is 1.73 bits per heavy atom. The maximum atomic E-state index is 14.4. The van der Waals surface area contributed by atoms with Crippen molar-refractivity contribution in [3.63, 3.8) is 0 Å². The number of ether oxygens (including phenoxy) is 1. The van der Waals surface area contributed by atoms with Crippen LogP contribution >= 0.6 is 11.6 Å². The van der Waals surface area contributed by atoms with Crippen LogP contribution in [0.2, 0.25) is 5.02 Å². The van der Waals surface area contributed by atoms with Crippen molar-refractivity contribution in [3.05, 3.63) is 87.1 Å². The van der Waals surface area contributed by atoms with Crippen molar-refractivity contribution in [1.82, 2.24) is 4.57 Å². The van der Waals surface area contributed by atoms with Crippen molar-refractivity contribution in [2.24, 2.45) is 7.05 Å². The number of halogens is 5. The third kappa shape index (κ3) is 4.56. The fourth-order valence-corrected chi connectivity index (χ4v) is 4.51. The summed E-state index contributed by atoms with van der Waals surface area (Å²) in [5.41, 5.74) is -3.28. The van der Waals surface area contributed by atoms with E-state index in [1.165, 1.54) is 37.4 Å². The van der Waals surface area contributed by atoms with Gasteiger partial charge >= 0.3 is 18.1 Å². The summed E-state index contributed by atoms with van der Waals surface area (Å²) in [4.78, 5) is 22.6. The predicted molar refractivity (Wildman–Crippen MR) is 125 cm³/mol. The van der Waals surface area contributed by atoms with Crippen molar-refractivity contribution in [2.45, 2.75) is 24.6 Å². The zero-order valence-corrected chi connectivity index (χ0v) is 19.9. The van der Waals surface area contributed by atoms with Crippen LogP contribution < -0.4 is 10.5 Å². The van der Waals surface area contributed by atoms with Crippen molar-refractivity contribution >= 4 is 28.9 Å². The van der Waals surface area contributed by atoms with E-state index < -0.39 is 46.7 Å². The molecule has 2 N–H and O–H groups in total. The number of alkyl halides is 3. The smallest absolute Gasteiger partial charge is 0.449 e. The highest BCUT2D eigenvalue weighted by Crippen LogP contribution is 2.50. The van der Waals surface area contributed by atoms with Crippen LogP contribution in [-0.2, 0) is 12.6 Å². The number of oxazole rings is 1. The Morgan fingerprint density at radius 3 is 2.35 bits per heavy atom. The van der Waals surface area contributed by atoms with Gasteiger partial charge in [0, 0.05) is 18.0 Å². The molecule has 194 valence electrons. The zero-order chi connectivity index (χ0) is 27.3. The first-order chi connectivity index (χ1) is 17.2. The van der Waals surface area contributed by atoms with Crippen LogP contribution in [0.4, 0.5) is 22.4 Å². The molecular formula is C25H18ClF4NO6. The SMILES string of the molecule is CC(c1ccc(-c2ccc(F)c(OC(=O)O)c2)cc1Cl)C(O)(c1ccc2c(c1)oc(=O)n2C)C(F)(F)F. The summed E-state index contributed by atoms with van der Waals surface area (Å²) in [6.07, 6.45) is -6.88. The first kappa shape index (κ1) is 26.2. The van der Waals surface area contributed by atoms with Gasteiger partial charge in [-0.1, -0.05) is 42.8 Å². The Bertz CT molecular complexity index is 1580. The van der Waals surface area contributed by atoms with Gasteiger partial charge in [0.15, 0.2) is 22.8 Å². The Morgan fingerprint density at radius 1 is 1.08 bits per heavy atom. The largest absolute Gasteiger partial charge is 0.511 e. The fraction of sp³-hybridized carbons (Fsp3) is 0.200. The molecule has 0 saturated carbocycles. The van der Waals surface area contributed by atoms with Gasteiger partial charge in [-0.2, -0.15) is 13.2 Å². The van der Waals surface area contributed by atoms with E-state index in [-0.39, 0.29) is 27.2 Å². The predicted octanol–water partition coefficient (Wildman–Crippen LogP) is 6.20. The minimum atomic E-state index is -5.16. The molecule has 0 aliphatic rings. The summed E-state index contributed by atoms with van der Waals surface area (Å²) in [5.74, 6) is -3.88. The van der Waals surface area contributed by atoms with Crippen LogP contribution in [0, 0.1) is 5.82 Å². The molecule has 0 saturated heterocycles. The lowest BCUT2D eigenvalue weighted by Crippen LogP contribution is -2.46. The maximum Gasteiger partial charge on any atom is 0.511 e. The molecule has 2 unspecified atom stereocenters. The molecule has 7 nitrogen and oxygen atoms in total. The minimum absolute atomic E-state index is 0.0519. The molecule has 37 heavy (non-hydrogen) atoms. The average Bonchev–Trinajstić information content (AvgIpc) is 3.11. The molecule has 4 aromatic rings. The topological polar surface area (TPSA) is 102 Å². The maximum absolute atomic E-state index is 14.4. The molecule has 0 aliphatic heterocycles. The van der Waals surface area contributed by atoms with Crippen molar-refractivity contribution in [3.8, 4) is 16.9 Å². The molecule has 12 heteroatoms. The molecule has 4 rings (SSSR count). The standard InChI is InChI=1S/C25H18ClF4NO6/c1-12(24(35,25(28,29)30)15-5-8-19-21(11-15)36-22(32)31(19)2)16-6-3-13(9-17(16)26)14-4-7-18(27)20(10-14)37-23(33)34/h3-12,35H,1-2H3,(H,33,34). The molecule has 0 aliphatic carbocycles. The van der Waals surface area contributed by atoms with Crippen LogP contribution in [0.3, 0.4) is 0 Å². The molecule has 0 radical (unpaired) electrons. The summed E-state index contributed by atoms with van der Waals surface area (Å²) in [6.45, 7) is 1.15. The molecule has 0 bridgehead atoms. The summed E-state index contributed by atoms with van der Waals surface area (Å²) in [6, 6.07) is 10.6. The van der Waals surface area contributed by atoms with E-state index in [4.69, 9.17) is 21.1 Å². The van der Waals surface area contributed by atoms with Crippen molar-refractivity contribution < 1.29 is 41.7 Å². The third-order valence-electron chi connectivity index (χ3n) is 6.22. The number of rotatable bonds is 5. The second kappa shape index (κ2) is 9.24. The first-order valence-corrected chi connectivity index (χ1v) is 11.0. The molecule has 0 fully saturated rings. The number of hydrogen-bond acceptors (Lipinski definition) is 5. The first-order valence-electron chi connectivity index (χ1n) is 10.6. The van der Waals surface area contributed by atoms with Crippen molar-refractivity contribution in [1.29, 1.82) is 0 Å². The van der Waals surface area contributed by atoms with Gasteiger partial charge < -0.3 is 19.4 Å². The van der Waals surface area contributed by atoms with Gasteiger partial charge in [-0.15, -0.1) is 0 Å². The molecule has 0 amide bonds. The number of aliphatic hydroxyl groups is 1. The lowest BCUT2D eigenvalue weighted by atomic mass is 9.77. The summed E-state index contributed by atoms with van der Waals surface area (Å²) < 4.78 is 67.5. The summed E-state index contributed by atoms with van der Waals surface area (Å²) in [5, 5.41) is 19.7. The number of aryl methyl sites for hydroxylation is 1. The van der Waals surface area contributed by atoms with E-state index in [9.17, 15) is 32.3 Å². The molecule has 0 spiro atoms. The highest BCUT2D eigenvalue weighted by Gasteiger charge is 2.59. The monoisotopic (exact) mass is 539 g/mol. The van der Waals surface area contributed by atoms with Gasteiger partial charge in [0.05, 0.1) is 5.52 Å². The number of nitrogens with zero attached hydrogens (tertiary/aromatic N) is 1. The molecule has 1 aromatic heterocycles.